The zero-order valence-electron chi connectivity index (χ0n) is 17.2. The van der Waals surface area contributed by atoms with E-state index < -0.39 is 5.60 Å². The van der Waals surface area contributed by atoms with Gasteiger partial charge in [0.25, 0.3) is 0 Å². The molecule has 2 heterocycles. The Labute approximate surface area is 181 Å². The van der Waals surface area contributed by atoms with Gasteiger partial charge in [-0.25, -0.2) is 4.99 Å². The average Bonchev–Trinajstić information content (AvgIpc) is 3.04. The molecule has 7 nitrogen and oxygen atoms in total. The van der Waals surface area contributed by atoms with Crippen LogP contribution in [-0.4, -0.2) is 65.0 Å². The van der Waals surface area contributed by atoms with Crippen LogP contribution in [0.25, 0.3) is 0 Å². The van der Waals surface area contributed by atoms with E-state index >= 15 is 0 Å². The molecule has 0 aliphatic carbocycles. The fourth-order valence-corrected chi connectivity index (χ4v) is 3.36. The van der Waals surface area contributed by atoms with Crippen LogP contribution in [0.3, 0.4) is 0 Å². The van der Waals surface area contributed by atoms with E-state index in [4.69, 9.17) is 0 Å². The van der Waals surface area contributed by atoms with E-state index in [1.807, 2.05) is 20.2 Å². The molecule has 3 N–H and O–H groups in total. The highest BCUT2D eigenvalue weighted by Gasteiger charge is 2.24. The lowest BCUT2D eigenvalue weighted by Gasteiger charge is -2.30. The third kappa shape index (κ3) is 8.35. The topological polar surface area (TPSA) is 77.7 Å². The smallest absolute Gasteiger partial charge is 0.191 e. The summed E-state index contributed by atoms with van der Waals surface area (Å²) in [6, 6.07) is 0. The normalized spacial score (nSPS) is 20.6. The zero-order valence-corrected chi connectivity index (χ0v) is 19.6. The van der Waals surface area contributed by atoms with Crippen LogP contribution in [0.4, 0.5) is 0 Å². The van der Waals surface area contributed by atoms with Crippen molar-refractivity contribution in [3.8, 4) is 0 Å². The fraction of sp³-hybridized carbons (Fsp3) is 0.789. The fourth-order valence-electron chi connectivity index (χ4n) is 3.36. The molecule has 1 aromatic heterocycles. The summed E-state index contributed by atoms with van der Waals surface area (Å²) in [7, 11) is 1.84. The lowest BCUT2D eigenvalue weighted by atomic mass is 10.0. The Morgan fingerprint density at radius 2 is 2.22 bits per heavy atom. The number of rotatable bonds is 8. The maximum absolute atomic E-state index is 10.7. The van der Waals surface area contributed by atoms with Crippen molar-refractivity contribution in [2.24, 2.45) is 18.0 Å². The molecule has 0 bridgehead atoms. The maximum Gasteiger partial charge on any atom is 0.191 e. The van der Waals surface area contributed by atoms with Crippen LogP contribution in [0, 0.1) is 5.92 Å². The molecule has 0 radical (unpaired) electrons. The first-order valence-corrected chi connectivity index (χ1v) is 9.86. The van der Waals surface area contributed by atoms with Gasteiger partial charge in [-0.2, -0.15) is 5.10 Å². The first-order chi connectivity index (χ1) is 12.4. The second kappa shape index (κ2) is 11.9. The number of nitrogens with zero attached hydrogens (tertiary/aromatic N) is 4. The van der Waals surface area contributed by atoms with E-state index in [1.54, 1.807) is 17.8 Å². The number of aliphatic hydroxyl groups is 1. The summed E-state index contributed by atoms with van der Waals surface area (Å²) in [5.74, 6) is 1.58. The molecular formula is C19H37IN6O. The summed E-state index contributed by atoms with van der Waals surface area (Å²) in [5, 5.41) is 21.4. The van der Waals surface area contributed by atoms with Gasteiger partial charge in [0.05, 0.1) is 12.7 Å². The van der Waals surface area contributed by atoms with Gasteiger partial charge in [0, 0.05) is 38.4 Å². The Balaban J connectivity index is 0.00000364. The van der Waals surface area contributed by atoms with Crippen LogP contribution in [0.2, 0.25) is 0 Å². The number of guanidine groups is 1. The van der Waals surface area contributed by atoms with Gasteiger partial charge in [-0.3, -0.25) is 4.68 Å². The van der Waals surface area contributed by atoms with Crippen molar-refractivity contribution in [2.75, 3.05) is 39.3 Å². The second-order valence-corrected chi connectivity index (χ2v) is 7.70. The number of hydrogen-bond donors (Lipinski definition) is 3. The third-order valence-electron chi connectivity index (χ3n) is 4.90. The second-order valence-electron chi connectivity index (χ2n) is 7.70. The van der Waals surface area contributed by atoms with Gasteiger partial charge in [0.1, 0.15) is 5.60 Å². The minimum absolute atomic E-state index is 0. The van der Waals surface area contributed by atoms with Gasteiger partial charge in [-0.1, -0.05) is 6.92 Å². The number of likely N-dealkylation sites (tertiary alicyclic amines) is 1. The monoisotopic (exact) mass is 492 g/mol. The van der Waals surface area contributed by atoms with Gasteiger partial charge in [0.15, 0.2) is 5.96 Å². The number of halogens is 1. The predicted molar refractivity (Wildman–Crippen MR) is 122 cm³/mol. The molecule has 2 rings (SSSR count). The van der Waals surface area contributed by atoms with Crippen molar-refractivity contribution in [3.05, 3.63) is 18.0 Å². The molecule has 1 aliphatic rings. The molecule has 0 spiro atoms. The number of nitrogens with one attached hydrogen (secondary N) is 2. The SMILES string of the molecule is CCNC(=NCC(C)(O)c1cnn(C)c1)NCCCN1CCCC(C)C1.I. The first kappa shape index (κ1) is 24.2. The number of aryl methyl sites for hydroxylation is 1. The molecule has 0 amide bonds. The molecule has 8 heteroatoms. The predicted octanol–water partition coefficient (Wildman–Crippen LogP) is 1.92. The Hall–Kier alpha value is -0.870. The quantitative estimate of drug-likeness (QED) is 0.224. The highest BCUT2D eigenvalue weighted by molar-refractivity contribution is 14.0. The van der Waals surface area contributed by atoms with Crippen molar-refractivity contribution >= 4 is 29.9 Å². The molecule has 1 saturated heterocycles. The number of aliphatic imine (C=N–C) groups is 1. The van der Waals surface area contributed by atoms with Crippen molar-refractivity contribution in [2.45, 2.75) is 45.6 Å². The number of piperidine rings is 1. The van der Waals surface area contributed by atoms with Crippen molar-refractivity contribution < 1.29 is 5.11 Å². The molecule has 2 atom stereocenters. The van der Waals surface area contributed by atoms with Crippen LogP contribution in [0.1, 0.15) is 45.6 Å². The maximum atomic E-state index is 10.7. The molecule has 156 valence electrons. The number of aromatic nitrogens is 2. The van der Waals surface area contributed by atoms with Gasteiger partial charge in [-0.05, 0) is 52.1 Å². The lowest BCUT2D eigenvalue weighted by molar-refractivity contribution is 0.0672. The van der Waals surface area contributed by atoms with Gasteiger partial charge in [-0.15, -0.1) is 24.0 Å². The van der Waals surface area contributed by atoms with Gasteiger partial charge >= 0.3 is 0 Å². The Morgan fingerprint density at radius 1 is 1.44 bits per heavy atom. The largest absolute Gasteiger partial charge is 0.383 e. The lowest BCUT2D eigenvalue weighted by Crippen LogP contribution is -2.41. The Bertz CT molecular complexity index is 574. The van der Waals surface area contributed by atoms with Gasteiger partial charge in [0.2, 0.25) is 0 Å². The minimum Gasteiger partial charge on any atom is -0.383 e. The molecule has 1 aliphatic heterocycles. The zero-order chi connectivity index (χ0) is 19.0. The van der Waals surface area contributed by atoms with E-state index in [2.05, 4.69) is 32.5 Å². The first-order valence-electron chi connectivity index (χ1n) is 9.86. The highest BCUT2D eigenvalue weighted by Crippen LogP contribution is 2.19. The third-order valence-corrected chi connectivity index (χ3v) is 4.90. The summed E-state index contributed by atoms with van der Waals surface area (Å²) in [4.78, 5) is 7.12. The Kier molecular flexibility index (Phi) is 10.6. The van der Waals surface area contributed by atoms with Crippen LogP contribution in [0.5, 0.6) is 0 Å². The van der Waals surface area contributed by atoms with Crippen LogP contribution in [-0.2, 0) is 12.6 Å². The van der Waals surface area contributed by atoms with Crippen molar-refractivity contribution in [1.82, 2.24) is 25.3 Å². The van der Waals surface area contributed by atoms with E-state index in [-0.39, 0.29) is 30.5 Å². The van der Waals surface area contributed by atoms with E-state index in [1.165, 1.54) is 25.9 Å². The summed E-state index contributed by atoms with van der Waals surface area (Å²) in [6.07, 6.45) is 7.30. The summed E-state index contributed by atoms with van der Waals surface area (Å²) in [5.41, 5.74) is -0.251. The van der Waals surface area contributed by atoms with E-state index in [9.17, 15) is 5.11 Å². The molecule has 1 aromatic rings. The van der Waals surface area contributed by atoms with Crippen molar-refractivity contribution in [3.63, 3.8) is 0 Å². The van der Waals surface area contributed by atoms with Gasteiger partial charge < -0.3 is 20.6 Å². The molecule has 0 aromatic carbocycles. The molecule has 2 unspecified atom stereocenters. The minimum atomic E-state index is -1.03. The highest BCUT2D eigenvalue weighted by atomic mass is 127. The molecular weight excluding hydrogens is 455 g/mol. The summed E-state index contributed by atoms with van der Waals surface area (Å²) >= 11 is 0. The Morgan fingerprint density at radius 3 is 2.85 bits per heavy atom. The molecule has 0 saturated carbocycles. The van der Waals surface area contributed by atoms with Crippen LogP contribution in [0.15, 0.2) is 17.4 Å². The van der Waals surface area contributed by atoms with E-state index in [0.717, 1.165) is 43.5 Å². The standard InChI is InChI=1S/C19H36N6O.HI/c1-5-20-18(21-9-7-11-25-10-6-8-16(2)13-25)22-15-19(3,26)17-12-23-24(4)14-17;/h12,14,16,26H,5-11,13,15H2,1-4H3,(H2,20,21,22);1H. The molecule has 1 fully saturated rings. The van der Waals surface area contributed by atoms with Crippen LogP contribution < -0.4 is 10.6 Å². The van der Waals surface area contributed by atoms with E-state index in [0.29, 0.717) is 0 Å². The summed E-state index contributed by atoms with van der Waals surface area (Å²) < 4.78 is 1.69. The summed E-state index contributed by atoms with van der Waals surface area (Å²) in [6.45, 7) is 11.7. The number of hydrogen-bond acceptors (Lipinski definition) is 4. The average molecular weight is 492 g/mol. The van der Waals surface area contributed by atoms with Crippen LogP contribution >= 0.6 is 24.0 Å². The molecule has 27 heavy (non-hydrogen) atoms. The van der Waals surface area contributed by atoms with Crippen molar-refractivity contribution in [1.29, 1.82) is 0 Å².